The van der Waals surface area contributed by atoms with E-state index in [4.69, 9.17) is 5.11 Å². The van der Waals surface area contributed by atoms with Crippen LogP contribution in [0.4, 0.5) is 14.9 Å². The van der Waals surface area contributed by atoms with E-state index in [1.54, 1.807) is 7.05 Å². The van der Waals surface area contributed by atoms with Gasteiger partial charge in [0.05, 0.1) is 0 Å². The predicted octanol–water partition coefficient (Wildman–Crippen LogP) is 2.23. The van der Waals surface area contributed by atoms with E-state index in [1.165, 1.54) is 29.2 Å². The summed E-state index contributed by atoms with van der Waals surface area (Å²) in [4.78, 5) is 23.4. The summed E-state index contributed by atoms with van der Waals surface area (Å²) in [6.45, 7) is 0.414. The fourth-order valence-corrected chi connectivity index (χ4v) is 1.50. The van der Waals surface area contributed by atoms with Crippen LogP contribution in [0.25, 0.3) is 0 Å². The van der Waals surface area contributed by atoms with Crippen molar-refractivity contribution in [2.75, 3.05) is 18.5 Å². The van der Waals surface area contributed by atoms with Crippen molar-refractivity contribution < 1.29 is 19.1 Å². The van der Waals surface area contributed by atoms with Gasteiger partial charge < -0.3 is 10.4 Å². The number of halogens is 1. The van der Waals surface area contributed by atoms with E-state index >= 15 is 0 Å². The lowest BCUT2D eigenvalue weighted by Crippen LogP contribution is -2.37. The maximum Gasteiger partial charge on any atom is 0.321 e. The SMILES string of the molecule is CN(C(=O)NCCCCC(=O)O)c1ccc(F)cc1. The van der Waals surface area contributed by atoms with E-state index in [1.807, 2.05) is 0 Å². The molecule has 0 unspecified atom stereocenters. The fraction of sp³-hybridized carbons (Fsp3) is 0.385. The molecule has 0 saturated carbocycles. The van der Waals surface area contributed by atoms with Gasteiger partial charge in [0.1, 0.15) is 5.82 Å². The minimum atomic E-state index is -0.838. The summed E-state index contributed by atoms with van der Waals surface area (Å²) >= 11 is 0. The molecule has 2 amide bonds. The molecule has 1 aromatic rings. The van der Waals surface area contributed by atoms with Crippen molar-refractivity contribution in [3.8, 4) is 0 Å². The Morgan fingerprint density at radius 2 is 1.89 bits per heavy atom. The van der Waals surface area contributed by atoms with Crippen molar-refractivity contribution >= 4 is 17.7 Å². The van der Waals surface area contributed by atoms with Gasteiger partial charge in [-0.3, -0.25) is 9.69 Å². The molecule has 5 nitrogen and oxygen atoms in total. The van der Waals surface area contributed by atoms with Crippen molar-refractivity contribution in [1.29, 1.82) is 0 Å². The van der Waals surface area contributed by atoms with Gasteiger partial charge in [-0.05, 0) is 37.1 Å². The molecule has 0 aliphatic carbocycles. The number of nitrogens with zero attached hydrogens (tertiary/aromatic N) is 1. The summed E-state index contributed by atoms with van der Waals surface area (Å²) in [6, 6.07) is 5.29. The van der Waals surface area contributed by atoms with Crippen LogP contribution in [-0.4, -0.2) is 30.7 Å². The van der Waals surface area contributed by atoms with Gasteiger partial charge in [0.15, 0.2) is 0 Å². The Kier molecular flexibility index (Phi) is 5.78. The van der Waals surface area contributed by atoms with Gasteiger partial charge in [-0.2, -0.15) is 0 Å². The molecule has 0 bridgehead atoms. The van der Waals surface area contributed by atoms with Gasteiger partial charge in [-0.15, -0.1) is 0 Å². The third-order valence-corrected chi connectivity index (χ3v) is 2.61. The molecule has 1 aromatic carbocycles. The number of benzene rings is 1. The molecule has 0 heterocycles. The molecule has 0 atom stereocenters. The van der Waals surface area contributed by atoms with Crippen molar-refractivity contribution in [2.24, 2.45) is 0 Å². The number of carbonyl (C=O) groups excluding carboxylic acids is 1. The highest BCUT2D eigenvalue weighted by Crippen LogP contribution is 2.12. The monoisotopic (exact) mass is 268 g/mol. The Hall–Kier alpha value is -2.11. The molecule has 0 aliphatic rings. The average molecular weight is 268 g/mol. The van der Waals surface area contributed by atoms with Crippen LogP contribution in [0.2, 0.25) is 0 Å². The molecule has 6 heteroatoms. The molecule has 19 heavy (non-hydrogen) atoms. The number of anilines is 1. The Bertz CT molecular complexity index is 434. The summed E-state index contributed by atoms with van der Waals surface area (Å²) in [5.74, 6) is -1.19. The van der Waals surface area contributed by atoms with Gasteiger partial charge in [-0.25, -0.2) is 9.18 Å². The average Bonchev–Trinajstić information content (AvgIpc) is 2.37. The first kappa shape index (κ1) is 14.9. The van der Waals surface area contributed by atoms with Crippen LogP contribution in [0.3, 0.4) is 0 Å². The van der Waals surface area contributed by atoms with E-state index in [9.17, 15) is 14.0 Å². The van der Waals surface area contributed by atoms with E-state index in [-0.39, 0.29) is 18.3 Å². The van der Waals surface area contributed by atoms with Gasteiger partial charge in [-0.1, -0.05) is 0 Å². The Labute approximate surface area is 111 Å². The van der Waals surface area contributed by atoms with E-state index < -0.39 is 5.97 Å². The summed E-state index contributed by atoms with van der Waals surface area (Å²) in [5, 5.41) is 11.1. The molecular weight excluding hydrogens is 251 g/mol. The molecule has 2 N–H and O–H groups in total. The molecule has 0 aromatic heterocycles. The van der Waals surface area contributed by atoms with E-state index in [0.29, 0.717) is 25.1 Å². The predicted molar refractivity (Wildman–Crippen MR) is 69.7 cm³/mol. The van der Waals surface area contributed by atoms with Gasteiger partial charge in [0.25, 0.3) is 0 Å². The fourth-order valence-electron chi connectivity index (χ4n) is 1.50. The number of carboxylic acids is 1. The smallest absolute Gasteiger partial charge is 0.321 e. The highest BCUT2D eigenvalue weighted by molar-refractivity contribution is 5.91. The van der Waals surface area contributed by atoms with Crippen LogP contribution >= 0.6 is 0 Å². The quantitative estimate of drug-likeness (QED) is 0.777. The Morgan fingerprint density at radius 3 is 2.47 bits per heavy atom. The highest BCUT2D eigenvalue weighted by Gasteiger charge is 2.09. The van der Waals surface area contributed by atoms with Crippen LogP contribution in [0.1, 0.15) is 19.3 Å². The van der Waals surface area contributed by atoms with Gasteiger partial charge in [0.2, 0.25) is 0 Å². The zero-order valence-corrected chi connectivity index (χ0v) is 10.7. The molecule has 0 fully saturated rings. The van der Waals surface area contributed by atoms with Crippen LogP contribution in [0, 0.1) is 5.82 Å². The lowest BCUT2D eigenvalue weighted by atomic mass is 10.2. The van der Waals surface area contributed by atoms with Crippen LogP contribution in [-0.2, 0) is 4.79 Å². The van der Waals surface area contributed by atoms with E-state index in [0.717, 1.165) is 0 Å². The number of rotatable bonds is 6. The number of carbonyl (C=O) groups is 2. The lowest BCUT2D eigenvalue weighted by Gasteiger charge is -2.17. The van der Waals surface area contributed by atoms with Crippen molar-refractivity contribution in [3.63, 3.8) is 0 Å². The molecule has 0 radical (unpaired) electrons. The van der Waals surface area contributed by atoms with Gasteiger partial charge >= 0.3 is 12.0 Å². The molecular formula is C13H17FN2O3. The number of unbranched alkanes of at least 4 members (excludes halogenated alkanes) is 1. The summed E-state index contributed by atoms with van der Waals surface area (Å²) < 4.78 is 12.7. The molecule has 1 rings (SSSR count). The number of carboxylic acid groups (broad SMARTS) is 1. The highest BCUT2D eigenvalue weighted by atomic mass is 19.1. The summed E-state index contributed by atoms with van der Waals surface area (Å²) in [5.41, 5.74) is 0.587. The first-order chi connectivity index (χ1) is 9.00. The van der Waals surface area contributed by atoms with E-state index in [2.05, 4.69) is 5.32 Å². The van der Waals surface area contributed by atoms with Crippen molar-refractivity contribution in [3.05, 3.63) is 30.1 Å². The second-order valence-corrected chi connectivity index (χ2v) is 4.12. The summed E-state index contributed by atoms with van der Waals surface area (Å²) in [6.07, 6.45) is 1.23. The Balaban J connectivity index is 2.32. The van der Waals surface area contributed by atoms with Gasteiger partial charge in [0, 0.05) is 25.7 Å². The normalized spacial score (nSPS) is 10.0. The minimum absolute atomic E-state index is 0.101. The first-order valence-electron chi connectivity index (χ1n) is 5.99. The zero-order chi connectivity index (χ0) is 14.3. The zero-order valence-electron chi connectivity index (χ0n) is 10.7. The number of hydrogen-bond donors (Lipinski definition) is 2. The maximum atomic E-state index is 12.7. The minimum Gasteiger partial charge on any atom is -0.481 e. The maximum absolute atomic E-state index is 12.7. The van der Waals surface area contributed by atoms with Crippen LogP contribution in [0.5, 0.6) is 0 Å². The largest absolute Gasteiger partial charge is 0.481 e. The summed E-state index contributed by atoms with van der Waals surface area (Å²) in [7, 11) is 1.58. The molecule has 0 saturated heterocycles. The molecule has 0 spiro atoms. The lowest BCUT2D eigenvalue weighted by molar-refractivity contribution is -0.137. The van der Waals surface area contributed by atoms with Crippen LogP contribution < -0.4 is 10.2 Å². The molecule has 0 aliphatic heterocycles. The number of urea groups is 1. The number of hydrogen-bond acceptors (Lipinski definition) is 2. The second kappa shape index (κ2) is 7.35. The second-order valence-electron chi connectivity index (χ2n) is 4.12. The number of amides is 2. The third-order valence-electron chi connectivity index (χ3n) is 2.61. The third kappa shape index (κ3) is 5.37. The topological polar surface area (TPSA) is 69.6 Å². The number of aliphatic carboxylic acids is 1. The van der Waals surface area contributed by atoms with Crippen molar-refractivity contribution in [2.45, 2.75) is 19.3 Å². The molecule has 104 valence electrons. The van der Waals surface area contributed by atoms with Crippen LogP contribution in [0.15, 0.2) is 24.3 Å². The number of nitrogens with one attached hydrogen (secondary N) is 1. The van der Waals surface area contributed by atoms with Crippen molar-refractivity contribution in [1.82, 2.24) is 5.32 Å². The Morgan fingerprint density at radius 1 is 1.26 bits per heavy atom. The standard InChI is InChI=1S/C13H17FN2O3/c1-16(11-7-5-10(14)6-8-11)13(19)15-9-3-2-4-12(17)18/h5-8H,2-4,9H2,1H3,(H,15,19)(H,17,18). The first-order valence-corrected chi connectivity index (χ1v) is 5.99.